The molecule has 0 fully saturated rings. The van der Waals surface area contributed by atoms with Crippen LogP contribution in [0.25, 0.3) is 11.1 Å². The summed E-state index contributed by atoms with van der Waals surface area (Å²) in [6.45, 7) is 0.315. The molecule has 1 atom stereocenters. The van der Waals surface area contributed by atoms with E-state index in [9.17, 15) is 0 Å². The highest BCUT2D eigenvalue weighted by atomic mass is 16.5. The second kappa shape index (κ2) is 7.04. The molecular weight excluding hydrogens is 240 g/mol. The van der Waals surface area contributed by atoms with Crippen molar-refractivity contribution >= 4 is 0 Å². The zero-order valence-corrected chi connectivity index (χ0v) is 10.7. The molecule has 0 bridgehead atoms. The van der Waals surface area contributed by atoms with Crippen molar-refractivity contribution in [2.24, 2.45) is 0 Å². The van der Waals surface area contributed by atoms with Gasteiger partial charge in [0.05, 0.1) is 19.8 Å². The maximum absolute atomic E-state index is 9.15. The van der Waals surface area contributed by atoms with Crippen molar-refractivity contribution in [1.29, 1.82) is 0 Å². The van der Waals surface area contributed by atoms with Gasteiger partial charge in [-0.3, -0.25) is 0 Å². The molecule has 0 aliphatic carbocycles. The van der Waals surface area contributed by atoms with Gasteiger partial charge in [0.2, 0.25) is 0 Å². The van der Waals surface area contributed by atoms with Gasteiger partial charge < -0.3 is 14.9 Å². The van der Waals surface area contributed by atoms with E-state index in [1.54, 1.807) is 0 Å². The van der Waals surface area contributed by atoms with Crippen LogP contribution in [0.5, 0.6) is 0 Å². The first-order valence-corrected chi connectivity index (χ1v) is 6.30. The van der Waals surface area contributed by atoms with E-state index in [4.69, 9.17) is 14.9 Å². The Hall–Kier alpha value is -1.68. The van der Waals surface area contributed by atoms with Crippen LogP contribution in [0.3, 0.4) is 0 Å². The van der Waals surface area contributed by atoms with Gasteiger partial charge in [-0.2, -0.15) is 0 Å². The van der Waals surface area contributed by atoms with E-state index in [-0.39, 0.29) is 13.2 Å². The molecule has 2 N–H and O–H groups in total. The fourth-order valence-electron chi connectivity index (χ4n) is 1.79. The Labute approximate surface area is 113 Å². The summed E-state index contributed by atoms with van der Waals surface area (Å²) in [7, 11) is 0. The van der Waals surface area contributed by atoms with Gasteiger partial charge in [-0.1, -0.05) is 54.6 Å². The molecule has 0 saturated heterocycles. The quantitative estimate of drug-likeness (QED) is 0.835. The lowest BCUT2D eigenvalue weighted by molar-refractivity contribution is 0.0000272. The molecule has 3 nitrogen and oxygen atoms in total. The van der Waals surface area contributed by atoms with E-state index < -0.39 is 6.10 Å². The van der Waals surface area contributed by atoms with Gasteiger partial charge in [0, 0.05) is 0 Å². The maximum Gasteiger partial charge on any atom is 0.100 e. The molecule has 1 unspecified atom stereocenters. The average molecular weight is 258 g/mol. The molecule has 2 aromatic rings. The Kier molecular flexibility index (Phi) is 5.10. The molecule has 2 aromatic carbocycles. The Morgan fingerprint density at radius 3 is 2.16 bits per heavy atom. The first kappa shape index (κ1) is 13.7. The minimum atomic E-state index is -0.802. The highest BCUT2D eigenvalue weighted by Crippen LogP contribution is 2.19. The zero-order chi connectivity index (χ0) is 13.5. The number of hydrogen-bond acceptors (Lipinski definition) is 3. The lowest BCUT2D eigenvalue weighted by atomic mass is 10.0. The number of aliphatic hydroxyl groups is 2. The van der Waals surface area contributed by atoms with E-state index in [0.29, 0.717) is 6.61 Å². The number of benzene rings is 2. The highest BCUT2D eigenvalue weighted by molar-refractivity contribution is 5.63. The Morgan fingerprint density at radius 2 is 1.53 bits per heavy atom. The standard InChI is InChI=1S/C16H18O3/c17-10-16(18)12-19-11-13-6-8-15(9-7-13)14-4-2-1-3-5-14/h1-9,16-18H,10-12H2. The Bertz CT molecular complexity index is 479. The van der Waals surface area contributed by atoms with E-state index in [1.807, 2.05) is 30.3 Å². The van der Waals surface area contributed by atoms with E-state index in [1.165, 1.54) is 11.1 Å². The van der Waals surface area contributed by atoms with Crippen molar-refractivity contribution in [3.63, 3.8) is 0 Å². The van der Waals surface area contributed by atoms with Crippen molar-refractivity contribution < 1.29 is 14.9 Å². The van der Waals surface area contributed by atoms with Crippen LogP contribution in [0, 0.1) is 0 Å². The summed E-state index contributed by atoms with van der Waals surface area (Å²) in [5.41, 5.74) is 3.40. The molecule has 0 radical (unpaired) electrons. The molecule has 2 rings (SSSR count). The van der Waals surface area contributed by atoms with Crippen LogP contribution in [-0.2, 0) is 11.3 Å². The van der Waals surface area contributed by atoms with Crippen LogP contribution in [0.2, 0.25) is 0 Å². The summed E-state index contributed by atoms with van der Waals surface area (Å²) >= 11 is 0. The number of hydrogen-bond donors (Lipinski definition) is 2. The molecule has 0 aromatic heterocycles. The Balaban J connectivity index is 1.92. The van der Waals surface area contributed by atoms with Crippen molar-refractivity contribution in [2.45, 2.75) is 12.7 Å². The molecule has 0 aliphatic rings. The molecule has 0 heterocycles. The van der Waals surface area contributed by atoms with Crippen molar-refractivity contribution in [1.82, 2.24) is 0 Å². The first-order valence-electron chi connectivity index (χ1n) is 6.30. The van der Waals surface area contributed by atoms with Gasteiger partial charge in [-0.05, 0) is 16.7 Å². The van der Waals surface area contributed by atoms with Crippen LogP contribution in [0.1, 0.15) is 5.56 Å². The SMILES string of the molecule is OCC(O)COCc1ccc(-c2ccccc2)cc1. The van der Waals surface area contributed by atoms with Gasteiger partial charge in [0.1, 0.15) is 6.10 Å². The minimum absolute atomic E-state index is 0.150. The van der Waals surface area contributed by atoms with E-state index in [2.05, 4.69) is 24.3 Å². The fraction of sp³-hybridized carbons (Fsp3) is 0.250. The van der Waals surface area contributed by atoms with Crippen LogP contribution in [-0.4, -0.2) is 29.5 Å². The summed E-state index contributed by atoms with van der Waals surface area (Å²) < 4.78 is 5.31. The second-order valence-electron chi connectivity index (χ2n) is 4.41. The van der Waals surface area contributed by atoms with E-state index in [0.717, 1.165) is 5.56 Å². The molecule has 19 heavy (non-hydrogen) atoms. The maximum atomic E-state index is 9.15. The Morgan fingerprint density at radius 1 is 0.895 bits per heavy atom. The monoisotopic (exact) mass is 258 g/mol. The number of aliphatic hydroxyl groups excluding tert-OH is 2. The van der Waals surface area contributed by atoms with Gasteiger partial charge in [0.15, 0.2) is 0 Å². The predicted octanol–water partition coefficient (Wildman–Crippen LogP) is 2.22. The molecule has 0 saturated carbocycles. The van der Waals surface area contributed by atoms with Crippen LogP contribution < -0.4 is 0 Å². The largest absolute Gasteiger partial charge is 0.394 e. The van der Waals surface area contributed by atoms with Gasteiger partial charge in [-0.25, -0.2) is 0 Å². The minimum Gasteiger partial charge on any atom is -0.394 e. The molecular formula is C16H18O3. The number of ether oxygens (including phenoxy) is 1. The van der Waals surface area contributed by atoms with Gasteiger partial charge in [0.25, 0.3) is 0 Å². The third-order valence-electron chi connectivity index (χ3n) is 2.85. The van der Waals surface area contributed by atoms with Crippen LogP contribution in [0.4, 0.5) is 0 Å². The lowest BCUT2D eigenvalue weighted by Gasteiger charge is -2.09. The molecule has 0 aliphatic heterocycles. The smallest absolute Gasteiger partial charge is 0.100 e. The van der Waals surface area contributed by atoms with Crippen molar-refractivity contribution in [2.75, 3.05) is 13.2 Å². The molecule has 100 valence electrons. The summed E-state index contributed by atoms with van der Waals surface area (Å²) in [5.74, 6) is 0. The second-order valence-corrected chi connectivity index (χ2v) is 4.41. The fourth-order valence-corrected chi connectivity index (χ4v) is 1.79. The average Bonchev–Trinajstić information content (AvgIpc) is 2.48. The highest BCUT2D eigenvalue weighted by Gasteiger charge is 2.02. The number of rotatable bonds is 6. The van der Waals surface area contributed by atoms with Crippen LogP contribution in [0.15, 0.2) is 54.6 Å². The normalized spacial score (nSPS) is 12.3. The summed E-state index contributed by atoms with van der Waals surface area (Å²) in [5, 5.41) is 17.8. The van der Waals surface area contributed by atoms with Gasteiger partial charge >= 0.3 is 0 Å². The summed E-state index contributed by atoms with van der Waals surface area (Å²) in [6, 6.07) is 18.3. The van der Waals surface area contributed by atoms with Gasteiger partial charge in [-0.15, -0.1) is 0 Å². The first-order chi connectivity index (χ1) is 9.29. The zero-order valence-electron chi connectivity index (χ0n) is 10.7. The molecule has 3 heteroatoms. The lowest BCUT2D eigenvalue weighted by Crippen LogP contribution is -2.19. The topological polar surface area (TPSA) is 49.7 Å². The molecule has 0 spiro atoms. The predicted molar refractivity (Wildman–Crippen MR) is 74.6 cm³/mol. The van der Waals surface area contributed by atoms with Crippen molar-refractivity contribution in [3.05, 3.63) is 60.2 Å². The van der Waals surface area contributed by atoms with Crippen LogP contribution >= 0.6 is 0 Å². The summed E-state index contributed by atoms with van der Waals surface area (Å²) in [6.07, 6.45) is -0.802. The molecule has 0 amide bonds. The summed E-state index contributed by atoms with van der Waals surface area (Å²) in [4.78, 5) is 0. The third-order valence-corrected chi connectivity index (χ3v) is 2.85. The van der Waals surface area contributed by atoms with Crippen molar-refractivity contribution in [3.8, 4) is 11.1 Å². The third kappa shape index (κ3) is 4.17. The van der Waals surface area contributed by atoms with E-state index >= 15 is 0 Å².